The number of nitrogens with zero attached hydrogens (tertiary/aromatic N) is 1. The number of hydrogen-bond acceptors (Lipinski definition) is 2. The maximum absolute atomic E-state index is 13.1. The lowest BCUT2D eigenvalue weighted by Gasteiger charge is -2.17. The van der Waals surface area contributed by atoms with E-state index in [2.05, 4.69) is 10.3 Å². The van der Waals surface area contributed by atoms with Crippen molar-refractivity contribution in [3.63, 3.8) is 0 Å². The van der Waals surface area contributed by atoms with Crippen molar-refractivity contribution in [3.05, 3.63) is 64.7 Å². The van der Waals surface area contributed by atoms with Crippen molar-refractivity contribution in [2.24, 2.45) is 0 Å². The first-order chi connectivity index (χ1) is 9.20. The number of nitrogens with one attached hydrogen (secondary N) is 1. The Balaban J connectivity index is 2.19. The summed E-state index contributed by atoms with van der Waals surface area (Å²) in [5.74, 6) is -0.386. The monoisotopic (exact) mass is 278 g/mol. The number of aromatic nitrogens is 1. The van der Waals surface area contributed by atoms with E-state index < -0.39 is 0 Å². The Bertz CT molecular complexity index is 531. The Morgan fingerprint density at radius 2 is 2.16 bits per heavy atom. The van der Waals surface area contributed by atoms with Gasteiger partial charge in [-0.2, -0.15) is 0 Å². The SMILES string of the molecule is CCNC(Cc1ccc(F)c(Cl)c1)c1ccccn1. The predicted octanol–water partition coefficient (Wildman–Crippen LogP) is 3.77. The van der Waals surface area contributed by atoms with Gasteiger partial charge in [-0.15, -0.1) is 0 Å². The van der Waals surface area contributed by atoms with Gasteiger partial charge in [0, 0.05) is 6.20 Å². The molecule has 19 heavy (non-hydrogen) atoms. The quantitative estimate of drug-likeness (QED) is 0.901. The van der Waals surface area contributed by atoms with Gasteiger partial charge in [-0.3, -0.25) is 4.98 Å². The van der Waals surface area contributed by atoms with Crippen molar-refractivity contribution in [1.82, 2.24) is 10.3 Å². The summed E-state index contributed by atoms with van der Waals surface area (Å²) in [7, 11) is 0. The molecule has 2 aromatic rings. The van der Waals surface area contributed by atoms with Crippen LogP contribution in [-0.2, 0) is 6.42 Å². The first-order valence-electron chi connectivity index (χ1n) is 6.29. The van der Waals surface area contributed by atoms with Crippen LogP contribution < -0.4 is 5.32 Å². The molecule has 4 heteroatoms. The van der Waals surface area contributed by atoms with Gasteiger partial charge in [-0.25, -0.2) is 4.39 Å². The maximum Gasteiger partial charge on any atom is 0.141 e. The second-order valence-corrected chi connectivity index (χ2v) is 4.72. The molecule has 2 nitrogen and oxygen atoms in total. The summed E-state index contributed by atoms with van der Waals surface area (Å²) in [6, 6.07) is 10.8. The van der Waals surface area contributed by atoms with E-state index in [0.717, 1.165) is 24.2 Å². The van der Waals surface area contributed by atoms with E-state index in [0.29, 0.717) is 0 Å². The Kier molecular flexibility index (Phi) is 4.88. The second-order valence-electron chi connectivity index (χ2n) is 4.32. The second kappa shape index (κ2) is 6.64. The lowest BCUT2D eigenvalue weighted by molar-refractivity contribution is 0.536. The third-order valence-corrected chi connectivity index (χ3v) is 3.21. The minimum absolute atomic E-state index is 0.104. The molecule has 0 amide bonds. The van der Waals surface area contributed by atoms with E-state index in [1.54, 1.807) is 18.3 Å². The van der Waals surface area contributed by atoms with Gasteiger partial charge < -0.3 is 5.32 Å². The zero-order valence-electron chi connectivity index (χ0n) is 10.7. The highest BCUT2D eigenvalue weighted by molar-refractivity contribution is 6.30. The fourth-order valence-corrected chi connectivity index (χ4v) is 2.22. The highest BCUT2D eigenvalue weighted by atomic mass is 35.5. The fraction of sp³-hybridized carbons (Fsp3) is 0.267. The van der Waals surface area contributed by atoms with Gasteiger partial charge in [-0.05, 0) is 42.8 Å². The minimum atomic E-state index is -0.386. The molecule has 1 atom stereocenters. The van der Waals surface area contributed by atoms with E-state index in [4.69, 9.17) is 11.6 Å². The van der Waals surface area contributed by atoms with Crippen molar-refractivity contribution < 1.29 is 4.39 Å². The molecule has 0 aliphatic carbocycles. The van der Waals surface area contributed by atoms with Gasteiger partial charge in [0.2, 0.25) is 0 Å². The van der Waals surface area contributed by atoms with Crippen LogP contribution in [0.1, 0.15) is 24.2 Å². The van der Waals surface area contributed by atoms with Crippen LogP contribution in [0.3, 0.4) is 0 Å². The summed E-state index contributed by atoms with van der Waals surface area (Å²) < 4.78 is 13.1. The molecule has 1 N–H and O–H groups in total. The number of benzene rings is 1. The molecular formula is C15H16ClFN2. The molecule has 100 valence electrons. The van der Waals surface area contributed by atoms with Gasteiger partial charge >= 0.3 is 0 Å². The number of pyridine rings is 1. The van der Waals surface area contributed by atoms with Crippen LogP contribution in [0.5, 0.6) is 0 Å². The summed E-state index contributed by atoms with van der Waals surface area (Å²) in [5.41, 5.74) is 1.97. The molecule has 1 aromatic heterocycles. The van der Waals surface area contributed by atoms with Crippen LogP contribution in [0.2, 0.25) is 5.02 Å². The van der Waals surface area contributed by atoms with Crippen molar-refractivity contribution in [2.75, 3.05) is 6.54 Å². The molecule has 0 aliphatic heterocycles. The summed E-state index contributed by atoms with van der Waals surface area (Å²) in [6.45, 7) is 2.89. The third kappa shape index (κ3) is 3.75. The molecule has 2 rings (SSSR count). The normalized spacial score (nSPS) is 12.4. The van der Waals surface area contributed by atoms with E-state index in [1.807, 2.05) is 25.1 Å². The summed E-state index contributed by atoms with van der Waals surface area (Å²) in [5, 5.41) is 3.54. The average Bonchev–Trinajstić information content (AvgIpc) is 2.43. The number of halogens is 2. The zero-order chi connectivity index (χ0) is 13.7. The van der Waals surface area contributed by atoms with Gasteiger partial charge in [0.05, 0.1) is 16.8 Å². The van der Waals surface area contributed by atoms with Crippen molar-refractivity contribution in [3.8, 4) is 0 Å². The highest BCUT2D eigenvalue weighted by Gasteiger charge is 2.13. The topological polar surface area (TPSA) is 24.9 Å². The van der Waals surface area contributed by atoms with Gasteiger partial charge in [0.1, 0.15) is 5.82 Å². The molecule has 0 saturated carbocycles. The fourth-order valence-electron chi connectivity index (χ4n) is 2.01. The van der Waals surface area contributed by atoms with Crippen molar-refractivity contribution in [2.45, 2.75) is 19.4 Å². The van der Waals surface area contributed by atoms with Gasteiger partial charge in [0.15, 0.2) is 0 Å². The molecule has 0 saturated heterocycles. The lowest BCUT2D eigenvalue weighted by Crippen LogP contribution is -2.23. The van der Waals surface area contributed by atoms with Gasteiger partial charge in [0.25, 0.3) is 0 Å². The van der Waals surface area contributed by atoms with E-state index in [9.17, 15) is 4.39 Å². The molecule has 0 aliphatic rings. The number of hydrogen-bond donors (Lipinski definition) is 1. The molecule has 1 heterocycles. The standard InChI is InChI=1S/C15H16ClFN2/c1-2-18-15(14-5-3-4-8-19-14)10-11-6-7-13(17)12(16)9-11/h3-9,15,18H,2,10H2,1H3. The average molecular weight is 279 g/mol. The van der Waals surface area contributed by atoms with Crippen LogP contribution in [0, 0.1) is 5.82 Å². The van der Waals surface area contributed by atoms with E-state index in [1.165, 1.54) is 6.07 Å². The molecule has 1 aromatic carbocycles. The molecule has 0 fully saturated rings. The molecule has 0 bridgehead atoms. The van der Waals surface area contributed by atoms with Crippen LogP contribution >= 0.6 is 11.6 Å². The largest absolute Gasteiger partial charge is 0.309 e. The van der Waals surface area contributed by atoms with Crippen LogP contribution in [-0.4, -0.2) is 11.5 Å². The first-order valence-corrected chi connectivity index (χ1v) is 6.66. The van der Waals surface area contributed by atoms with Crippen LogP contribution in [0.15, 0.2) is 42.6 Å². The molecular weight excluding hydrogens is 263 g/mol. The first kappa shape index (κ1) is 14.0. The Morgan fingerprint density at radius 1 is 1.32 bits per heavy atom. The highest BCUT2D eigenvalue weighted by Crippen LogP contribution is 2.21. The molecule has 1 unspecified atom stereocenters. The zero-order valence-corrected chi connectivity index (χ0v) is 11.5. The van der Waals surface area contributed by atoms with Crippen LogP contribution in [0.4, 0.5) is 4.39 Å². The number of rotatable bonds is 5. The predicted molar refractivity (Wildman–Crippen MR) is 75.8 cm³/mol. The Hall–Kier alpha value is -1.45. The van der Waals surface area contributed by atoms with Gasteiger partial charge in [-0.1, -0.05) is 30.7 Å². The Labute approximate surface area is 117 Å². The smallest absolute Gasteiger partial charge is 0.141 e. The van der Waals surface area contributed by atoms with E-state index >= 15 is 0 Å². The Morgan fingerprint density at radius 3 is 2.79 bits per heavy atom. The minimum Gasteiger partial charge on any atom is -0.309 e. The molecule has 0 radical (unpaired) electrons. The maximum atomic E-state index is 13.1. The van der Waals surface area contributed by atoms with Crippen molar-refractivity contribution >= 4 is 11.6 Å². The number of likely N-dealkylation sites (N-methyl/N-ethyl adjacent to an activating group) is 1. The summed E-state index contributed by atoms with van der Waals surface area (Å²) >= 11 is 5.81. The van der Waals surface area contributed by atoms with Crippen molar-refractivity contribution in [1.29, 1.82) is 0 Å². The molecule has 0 spiro atoms. The third-order valence-electron chi connectivity index (χ3n) is 2.92. The van der Waals surface area contributed by atoms with Crippen LogP contribution in [0.25, 0.3) is 0 Å². The summed E-state index contributed by atoms with van der Waals surface area (Å²) in [4.78, 5) is 4.36. The summed E-state index contributed by atoms with van der Waals surface area (Å²) in [6.07, 6.45) is 2.50. The van der Waals surface area contributed by atoms with E-state index in [-0.39, 0.29) is 16.9 Å². The lowest BCUT2D eigenvalue weighted by atomic mass is 10.0.